The Kier molecular flexibility index (Phi) is 3.11. The van der Waals surface area contributed by atoms with E-state index in [4.69, 9.17) is 0 Å². The normalized spacial score (nSPS) is 10.9. The molecule has 3 rings (SSSR count). The zero-order chi connectivity index (χ0) is 14.1. The number of hydrogen-bond acceptors (Lipinski definition) is 2. The highest BCUT2D eigenvalue weighted by molar-refractivity contribution is 5.83. The fourth-order valence-corrected chi connectivity index (χ4v) is 2.49. The molecular formula is C17H16N2O. The molecule has 3 aromatic rings. The number of para-hydroxylation sites is 2. The molecule has 2 aromatic carbocycles. The van der Waals surface area contributed by atoms with Gasteiger partial charge in [0.1, 0.15) is 0 Å². The molecule has 0 N–H and O–H groups in total. The Labute approximate surface area is 117 Å². The number of imidazole rings is 1. The molecule has 0 amide bonds. The summed E-state index contributed by atoms with van der Waals surface area (Å²) in [5, 5.41) is 0. The van der Waals surface area contributed by atoms with Crippen LogP contribution in [0.15, 0.2) is 42.5 Å². The predicted molar refractivity (Wildman–Crippen MR) is 80.1 cm³/mol. The van der Waals surface area contributed by atoms with Crippen LogP contribution in [0.1, 0.15) is 27.3 Å². The molecule has 0 spiro atoms. The highest BCUT2D eigenvalue weighted by Gasteiger charge is 2.10. The fourth-order valence-electron chi connectivity index (χ4n) is 2.49. The summed E-state index contributed by atoms with van der Waals surface area (Å²) in [6, 6.07) is 14.2. The highest BCUT2D eigenvalue weighted by atomic mass is 16.1. The Balaban J connectivity index is 2.14. The van der Waals surface area contributed by atoms with Crippen LogP contribution in [-0.4, -0.2) is 15.8 Å². The number of benzene rings is 2. The van der Waals surface area contributed by atoms with Crippen LogP contribution in [0.3, 0.4) is 0 Å². The van der Waals surface area contributed by atoms with Gasteiger partial charge in [-0.05, 0) is 37.1 Å². The van der Waals surface area contributed by atoms with E-state index in [2.05, 4.69) is 37.0 Å². The first-order valence-corrected chi connectivity index (χ1v) is 6.65. The molecule has 1 heterocycles. The molecule has 20 heavy (non-hydrogen) atoms. The van der Waals surface area contributed by atoms with Gasteiger partial charge in [0.15, 0.2) is 12.1 Å². The Hall–Kier alpha value is -2.42. The number of aldehydes is 1. The maximum atomic E-state index is 11.3. The number of fused-ring (bicyclic) bond motifs is 1. The molecule has 3 heteroatoms. The van der Waals surface area contributed by atoms with Crippen molar-refractivity contribution in [1.82, 2.24) is 9.55 Å². The topological polar surface area (TPSA) is 34.9 Å². The van der Waals surface area contributed by atoms with Crippen LogP contribution in [0, 0.1) is 13.8 Å². The van der Waals surface area contributed by atoms with Crippen LogP contribution >= 0.6 is 0 Å². The van der Waals surface area contributed by atoms with Crippen LogP contribution in [0.5, 0.6) is 0 Å². The standard InChI is InChI=1S/C17H16N2O/c1-12-7-8-13(2)14(9-12)10-19-16-6-4-3-5-15(16)18-17(19)11-20/h3-9,11H,10H2,1-2H3. The number of aryl methyl sites for hydroxylation is 2. The molecule has 0 radical (unpaired) electrons. The minimum absolute atomic E-state index is 0.479. The lowest BCUT2D eigenvalue weighted by molar-refractivity contribution is 0.111. The van der Waals surface area contributed by atoms with Crippen molar-refractivity contribution >= 4 is 17.3 Å². The molecule has 0 saturated heterocycles. The zero-order valence-electron chi connectivity index (χ0n) is 11.6. The molecule has 0 fully saturated rings. The second-order valence-electron chi connectivity index (χ2n) is 5.09. The second-order valence-corrected chi connectivity index (χ2v) is 5.09. The molecule has 0 saturated carbocycles. The molecule has 3 nitrogen and oxygen atoms in total. The van der Waals surface area contributed by atoms with Crippen LogP contribution in [-0.2, 0) is 6.54 Å². The first-order chi connectivity index (χ1) is 9.69. The first kappa shape index (κ1) is 12.6. The van der Waals surface area contributed by atoms with E-state index < -0.39 is 0 Å². The lowest BCUT2D eigenvalue weighted by atomic mass is 10.1. The van der Waals surface area contributed by atoms with E-state index in [1.807, 2.05) is 28.8 Å². The number of aromatic nitrogens is 2. The molecule has 0 bridgehead atoms. The molecule has 0 aliphatic carbocycles. The van der Waals surface area contributed by atoms with Crippen LogP contribution < -0.4 is 0 Å². The number of nitrogens with zero attached hydrogens (tertiary/aromatic N) is 2. The SMILES string of the molecule is Cc1ccc(C)c(Cn2c(C=O)nc3ccccc32)c1. The van der Waals surface area contributed by atoms with Gasteiger partial charge in [-0.1, -0.05) is 35.9 Å². The summed E-state index contributed by atoms with van der Waals surface area (Å²) in [5.41, 5.74) is 5.53. The Morgan fingerprint density at radius 1 is 1.15 bits per heavy atom. The van der Waals surface area contributed by atoms with Crippen molar-refractivity contribution in [3.05, 3.63) is 65.0 Å². The predicted octanol–water partition coefficient (Wildman–Crippen LogP) is 3.51. The van der Waals surface area contributed by atoms with Gasteiger partial charge in [0, 0.05) is 0 Å². The van der Waals surface area contributed by atoms with Gasteiger partial charge in [-0.15, -0.1) is 0 Å². The minimum Gasteiger partial charge on any atom is -0.317 e. The van der Waals surface area contributed by atoms with E-state index in [-0.39, 0.29) is 0 Å². The average Bonchev–Trinajstić information content (AvgIpc) is 2.81. The third-order valence-electron chi connectivity index (χ3n) is 3.62. The van der Waals surface area contributed by atoms with Gasteiger partial charge in [0.2, 0.25) is 0 Å². The quantitative estimate of drug-likeness (QED) is 0.678. The van der Waals surface area contributed by atoms with Crippen molar-refractivity contribution in [3.63, 3.8) is 0 Å². The maximum Gasteiger partial charge on any atom is 0.185 e. The van der Waals surface area contributed by atoms with Gasteiger partial charge in [-0.3, -0.25) is 4.79 Å². The monoisotopic (exact) mass is 264 g/mol. The fraction of sp³-hybridized carbons (Fsp3) is 0.176. The van der Waals surface area contributed by atoms with E-state index in [1.165, 1.54) is 16.7 Å². The molecule has 0 aliphatic rings. The molecule has 1 aromatic heterocycles. The number of carbonyl (C=O) groups is 1. The van der Waals surface area contributed by atoms with E-state index in [0.717, 1.165) is 17.3 Å². The summed E-state index contributed by atoms with van der Waals surface area (Å²) in [5.74, 6) is 0.479. The van der Waals surface area contributed by atoms with Crippen LogP contribution in [0.2, 0.25) is 0 Å². The van der Waals surface area contributed by atoms with Crippen molar-refractivity contribution < 1.29 is 4.79 Å². The van der Waals surface area contributed by atoms with Crippen LogP contribution in [0.25, 0.3) is 11.0 Å². The Morgan fingerprint density at radius 2 is 1.95 bits per heavy atom. The molecule has 0 unspecified atom stereocenters. The van der Waals surface area contributed by atoms with E-state index in [9.17, 15) is 4.79 Å². The first-order valence-electron chi connectivity index (χ1n) is 6.65. The Morgan fingerprint density at radius 3 is 2.75 bits per heavy atom. The van der Waals surface area contributed by atoms with E-state index >= 15 is 0 Å². The summed E-state index contributed by atoms with van der Waals surface area (Å²) < 4.78 is 1.98. The largest absolute Gasteiger partial charge is 0.317 e. The van der Waals surface area contributed by atoms with E-state index in [0.29, 0.717) is 12.4 Å². The summed E-state index contributed by atoms with van der Waals surface area (Å²) in [7, 11) is 0. The summed E-state index contributed by atoms with van der Waals surface area (Å²) >= 11 is 0. The van der Waals surface area contributed by atoms with Crippen molar-refractivity contribution in [2.24, 2.45) is 0 Å². The van der Waals surface area contributed by atoms with Crippen molar-refractivity contribution in [2.45, 2.75) is 20.4 Å². The smallest absolute Gasteiger partial charge is 0.185 e. The van der Waals surface area contributed by atoms with Gasteiger partial charge in [0.25, 0.3) is 0 Å². The van der Waals surface area contributed by atoms with Crippen LogP contribution in [0.4, 0.5) is 0 Å². The molecule has 0 atom stereocenters. The van der Waals surface area contributed by atoms with Crippen molar-refractivity contribution in [3.8, 4) is 0 Å². The van der Waals surface area contributed by atoms with Gasteiger partial charge in [0.05, 0.1) is 17.6 Å². The number of rotatable bonds is 3. The lowest BCUT2D eigenvalue weighted by Crippen LogP contribution is -2.06. The third kappa shape index (κ3) is 2.11. The minimum atomic E-state index is 0.479. The zero-order valence-corrected chi connectivity index (χ0v) is 11.6. The molecule has 100 valence electrons. The van der Waals surface area contributed by atoms with E-state index in [1.54, 1.807) is 0 Å². The Bertz CT molecular complexity index is 787. The third-order valence-corrected chi connectivity index (χ3v) is 3.62. The maximum absolute atomic E-state index is 11.3. The van der Waals surface area contributed by atoms with Gasteiger partial charge < -0.3 is 4.57 Å². The second kappa shape index (κ2) is 4.93. The molecule has 0 aliphatic heterocycles. The van der Waals surface area contributed by atoms with Crippen molar-refractivity contribution in [2.75, 3.05) is 0 Å². The van der Waals surface area contributed by atoms with Crippen molar-refractivity contribution in [1.29, 1.82) is 0 Å². The van der Waals surface area contributed by atoms with Gasteiger partial charge in [-0.2, -0.15) is 0 Å². The van der Waals surface area contributed by atoms with Gasteiger partial charge >= 0.3 is 0 Å². The molecular weight excluding hydrogens is 248 g/mol. The summed E-state index contributed by atoms with van der Waals surface area (Å²) in [6.07, 6.45) is 0.825. The van der Waals surface area contributed by atoms with Gasteiger partial charge in [-0.25, -0.2) is 4.98 Å². The number of hydrogen-bond donors (Lipinski definition) is 0. The number of carbonyl (C=O) groups excluding carboxylic acids is 1. The highest BCUT2D eigenvalue weighted by Crippen LogP contribution is 2.19. The summed E-state index contributed by atoms with van der Waals surface area (Å²) in [6.45, 7) is 4.84. The average molecular weight is 264 g/mol. The lowest BCUT2D eigenvalue weighted by Gasteiger charge is -2.10. The summed E-state index contributed by atoms with van der Waals surface area (Å²) in [4.78, 5) is 15.6.